The highest BCUT2D eigenvalue weighted by atomic mass is 32.2. The molecule has 0 aromatic heterocycles. The minimum Gasteiger partial charge on any atom is -0.396 e. The summed E-state index contributed by atoms with van der Waals surface area (Å²) in [6.07, 6.45) is 1.50. The molecule has 6 heteroatoms. The highest BCUT2D eigenvalue weighted by Gasteiger charge is 2.32. The highest BCUT2D eigenvalue weighted by Crippen LogP contribution is 2.22. The van der Waals surface area contributed by atoms with E-state index in [-0.39, 0.29) is 17.9 Å². The molecule has 0 spiro atoms. The van der Waals surface area contributed by atoms with Crippen LogP contribution in [0.4, 0.5) is 0 Å². The van der Waals surface area contributed by atoms with Gasteiger partial charge in [0.2, 0.25) is 0 Å². The van der Waals surface area contributed by atoms with Gasteiger partial charge in [0.1, 0.15) is 0 Å². The van der Waals surface area contributed by atoms with Crippen molar-refractivity contribution >= 4 is 10.2 Å². The second-order valence-corrected chi connectivity index (χ2v) is 8.38. The maximum Gasteiger partial charge on any atom is 0.281 e. The molecule has 0 radical (unpaired) electrons. The minimum atomic E-state index is -3.34. The Morgan fingerprint density at radius 2 is 1.78 bits per heavy atom. The van der Waals surface area contributed by atoms with Crippen molar-refractivity contribution in [1.29, 1.82) is 0 Å². The van der Waals surface area contributed by atoms with E-state index in [1.165, 1.54) is 8.61 Å². The van der Waals surface area contributed by atoms with Crippen molar-refractivity contribution < 1.29 is 13.5 Å². The van der Waals surface area contributed by atoms with Gasteiger partial charge in [0, 0.05) is 33.3 Å². The van der Waals surface area contributed by atoms with Gasteiger partial charge in [-0.15, -0.1) is 0 Å². The molecular weight excluding hydrogens is 252 g/mol. The van der Waals surface area contributed by atoms with Gasteiger partial charge < -0.3 is 5.11 Å². The van der Waals surface area contributed by atoms with Crippen LogP contribution in [-0.2, 0) is 10.2 Å². The Morgan fingerprint density at radius 1 is 1.28 bits per heavy atom. The molecule has 0 aromatic carbocycles. The third-order valence-electron chi connectivity index (χ3n) is 3.25. The fourth-order valence-electron chi connectivity index (χ4n) is 2.27. The number of nitrogens with zero attached hydrogens (tertiary/aromatic N) is 2. The molecular formula is C12H26N2O3S. The van der Waals surface area contributed by atoms with E-state index in [9.17, 15) is 8.42 Å². The van der Waals surface area contributed by atoms with Gasteiger partial charge in [0.25, 0.3) is 10.2 Å². The van der Waals surface area contributed by atoms with Gasteiger partial charge >= 0.3 is 0 Å². The van der Waals surface area contributed by atoms with Crippen LogP contribution >= 0.6 is 0 Å². The first-order chi connectivity index (χ1) is 8.16. The molecule has 1 aliphatic heterocycles. The van der Waals surface area contributed by atoms with Crippen LogP contribution in [0.2, 0.25) is 0 Å². The first-order valence-corrected chi connectivity index (χ1v) is 7.89. The normalized spacial score (nSPS) is 20.6. The van der Waals surface area contributed by atoms with E-state index < -0.39 is 10.2 Å². The second kappa shape index (κ2) is 5.86. The zero-order valence-electron chi connectivity index (χ0n) is 11.9. The Labute approximate surface area is 111 Å². The largest absolute Gasteiger partial charge is 0.396 e. The molecule has 0 saturated carbocycles. The average Bonchev–Trinajstić information content (AvgIpc) is 2.27. The number of aliphatic hydroxyl groups excluding tert-OH is 1. The minimum absolute atomic E-state index is 0.0504. The van der Waals surface area contributed by atoms with E-state index in [0.717, 1.165) is 12.8 Å². The summed E-state index contributed by atoms with van der Waals surface area (Å²) in [5, 5.41) is 9.06. The van der Waals surface area contributed by atoms with Crippen LogP contribution in [0.3, 0.4) is 0 Å². The van der Waals surface area contributed by atoms with Crippen LogP contribution in [0.25, 0.3) is 0 Å². The van der Waals surface area contributed by atoms with Gasteiger partial charge in [-0.25, -0.2) is 0 Å². The van der Waals surface area contributed by atoms with Gasteiger partial charge in [-0.1, -0.05) is 20.8 Å². The standard InChI is InChI=1S/C12H26N2O3S/c1-12(2,3)10-13(4)18(16,17)14-7-5-11(9-15)6-8-14/h11,15H,5-10H2,1-4H3. The molecule has 108 valence electrons. The van der Waals surface area contributed by atoms with Crippen molar-refractivity contribution in [3.05, 3.63) is 0 Å². The predicted octanol–water partition coefficient (Wildman–Crippen LogP) is 0.913. The van der Waals surface area contributed by atoms with Crippen molar-refractivity contribution in [3.8, 4) is 0 Å². The Balaban J connectivity index is 2.64. The summed E-state index contributed by atoms with van der Waals surface area (Å²) in [5.41, 5.74) is -0.0504. The lowest BCUT2D eigenvalue weighted by atomic mass is 9.97. The van der Waals surface area contributed by atoms with Crippen LogP contribution in [-0.4, -0.2) is 55.4 Å². The van der Waals surface area contributed by atoms with Gasteiger partial charge in [-0.2, -0.15) is 17.0 Å². The molecule has 0 aliphatic carbocycles. The maximum atomic E-state index is 12.3. The van der Waals surface area contributed by atoms with Crippen LogP contribution < -0.4 is 0 Å². The Bertz CT molecular complexity index is 354. The Hall–Kier alpha value is -0.170. The summed E-state index contributed by atoms with van der Waals surface area (Å²) < 4.78 is 27.7. The lowest BCUT2D eigenvalue weighted by molar-refractivity contribution is 0.165. The molecule has 0 amide bonds. The molecule has 1 rings (SSSR count). The van der Waals surface area contributed by atoms with E-state index in [1.54, 1.807) is 7.05 Å². The van der Waals surface area contributed by atoms with E-state index in [4.69, 9.17) is 5.11 Å². The molecule has 0 aromatic rings. The number of rotatable bonds is 4. The average molecular weight is 278 g/mol. The van der Waals surface area contributed by atoms with E-state index in [2.05, 4.69) is 0 Å². The van der Waals surface area contributed by atoms with Crippen molar-refractivity contribution in [2.24, 2.45) is 11.3 Å². The van der Waals surface area contributed by atoms with E-state index in [0.29, 0.717) is 19.6 Å². The van der Waals surface area contributed by atoms with E-state index >= 15 is 0 Å². The van der Waals surface area contributed by atoms with E-state index in [1.807, 2.05) is 20.8 Å². The lowest BCUT2D eigenvalue weighted by Gasteiger charge is -2.35. The summed E-state index contributed by atoms with van der Waals surface area (Å²) in [6.45, 7) is 7.77. The maximum absolute atomic E-state index is 12.3. The van der Waals surface area contributed by atoms with Crippen molar-refractivity contribution in [2.45, 2.75) is 33.6 Å². The number of hydrogen-bond acceptors (Lipinski definition) is 3. The fraction of sp³-hybridized carbons (Fsp3) is 1.00. The summed E-state index contributed by atoms with van der Waals surface area (Å²) >= 11 is 0. The quantitative estimate of drug-likeness (QED) is 0.831. The molecule has 0 bridgehead atoms. The molecule has 1 N–H and O–H groups in total. The highest BCUT2D eigenvalue weighted by molar-refractivity contribution is 7.86. The SMILES string of the molecule is CN(CC(C)(C)C)S(=O)(=O)N1CCC(CO)CC1. The van der Waals surface area contributed by atoms with Gasteiger partial charge in [-0.05, 0) is 24.2 Å². The molecule has 1 aliphatic rings. The van der Waals surface area contributed by atoms with Crippen LogP contribution in [0.1, 0.15) is 33.6 Å². The van der Waals surface area contributed by atoms with Crippen LogP contribution in [0.15, 0.2) is 0 Å². The number of aliphatic hydroxyl groups is 1. The first kappa shape index (κ1) is 15.9. The summed E-state index contributed by atoms with van der Waals surface area (Å²) in [7, 11) is -1.70. The predicted molar refractivity (Wildman–Crippen MR) is 72.4 cm³/mol. The van der Waals surface area contributed by atoms with Crippen molar-refractivity contribution in [2.75, 3.05) is 33.3 Å². The third kappa shape index (κ3) is 4.19. The number of hydrogen-bond donors (Lipinski definition) is 1. The second-order valence-electron chi connectivity index (χ2n) is 6.35. The topological polar surface area (TPSA) is 60.9 Å². The van der Waals surface area contributed by atoms with Gasteiger partial charge in [0.15, 0.2) is 0 Å². The van der Waals surface area contributed by atoms with Crippen LogP contribution in [0, 0.1) is 11.3 Å². The van der Waals surface area contributed by atoms with Gasteiger partial charge in [0.05, 0.1) is 0 Å². The van der Waals surface area contributed by atoms with Gasteiger partial charge in [-0.3, -0.25) is 0 Å². The Kier molecular flexibility index (Phi) is 5.17. The molecule has 1 heterocycles. The zero-order chi connectivity index (χ0) is 14.0. The summed E-state index contributed by atoms with van der Waals surface area (Å²) in [4.78, 5) is 0. The summed E-state index contributed by atoms with van der Waals surface area (Å²) in [6, 6.07) is 0. The third-order valence-corrected chi connectivity index (χ3v) is 5.18. The zero-order valence-corrected chi connectivity index (χ0v) is 12.7. The van der Waals surface area contributed by atoms with Crippen molar-refractivity contribution in [3.63, 3.8) is 0 Å². The molecule has 0 unspecified atom stereocenters. The molecule has 1 fully saturated rings. The molecule has 1 saturated heterocycles. The lowest BCUT2D eigenvalue weighted by Crippen LogP contribution is -2.48. The number of piperidine rings is 1. The Morgan fingerprint density at radius 3 is 2.17 bits per heavy atom. The van der Waals surface area contributed by atoms with Crippen molar-refractivity contribution in [1.82, 2.24) is 8.61 Å². The van der Waals surface area contributed by atoms with Crippen LogP contribution in [0.5, 0.6) is 0 Å². The molecule has 18 heavy (non-hydrogen) atoms. The summed E-state index contributed by atoms with van der Waals surface area (Å²) in [5.74, 6) is 0.254. The smallest absolute Gasteiger partial charge is 0.281 e. The fourth-order valence-corrected chi connectivity index (χ4v) is 3.89. The molecule has 0 atom stereocenters. The molecule has 5 nitrogen and oxygen atoms in total. The first-order valence-electron chi connectivity index (χ1n) is 6.49. The monoisotopic (exact) mass is 278 g/mol.